The Hall–Kier alpha value is -2.16. The summed E-state index contributed by atoms with van der Waals surface area (Å²) >= 11 is 1.10. The number of carboxylic acid groups (broad SMARTS) is 1. The van der Waals surface area contributed by atoms with Gasteiger partial charge in [-0.15, -0.1) is 11.3 Å². The minimum absolute atomic E-state index is 0.114. The first kappa shape index (κ1) is 12.3. The molecular formula is C9H10N4O4S. The average molecular weight is 270 g/mol. The molecule has 2 heterocycles. The lowest BCUT2D eigenvalue weighted by molar-refractivity contribution is -0.131. The van der Waals surface area contributed by atoms with Gasteiger partial charge in [0.2, 0.25) is 11.8 Å². The van der Waals surface area contributed by atoms with E-state index in [0.29, 0.717) is 13.0 Å². The van der Waals surface area contributed by atoms with Gasteiger partial charge < -0.3 is 21.0 Å². The summed E-state index contributed by atoms with van der Waals surface area (Å²) in [6.07, 6.45) is -0.302. The molecule has 1 aromatic heterocycles. The number of carbonyl (C=O) groups excluding carboxylic acids is 1. The number of aromatic nitrogens is 1. The molecule has 1 aliphatic heterocycles. The van der Waals surface area contributed by atoms with Crippen molar-refractivity contribution < 1.29 is 19.5 Å². The van der Waals surface area contributed by atoms with E-state index in [-0.39, 0.29) is 22.4 Å². The van der Waals surface area contributed by atoms with Gasteiger partial charge in [0.25, 0.3) is 5.91 Å². The van der Waals surface area contributed by atoms with Crippen molar-refractivity contribution >= 4 is 34.1 Å². The van der Waals surface area contributed by atoms with E-state index in [1.165, 1.54) is 5.38 Å². The second-order valence-corrected chi connectivity index (χ2v) is 4.38. The molecule has 0 aliphatic carbocycles. The van der Waals surface area contributed by atoms with Crippen LogP contribution in [0.3, 0.4) is 0 Å². The number of nitrogens with two attached hydrogens (primary N) is 1. The summed E-state index contributed by atoms with van der Waals surface area (Å²) in [6.45, 7) is 0.491. The Morgan fingerprint density at radius 1 is 1.72 bits per heavy atom. The van der Waals surface area contributed by atoms with Gasteiger partial charge in [-0.05, 0) is 0 Å². The zero-order chi connectivity index (χ0) is 13.1. The van der Waals surface area contributed by atoms with Crippen LogP contribution >= 0.6 is 11.3 Å². The van der Waals surface area contributed by atoms with Crippen LogP contribution in [0.4, 0.5) is 5.13 Å². The van der Waals surface area contributed by atoms with E-state index in [2.05, 4.69) is 15.5 Å². The molecule has 0 radical (unpaired) electrons. The van der Waals surface area contributed by atoms with Crippen LogP contribution < -0.4 is 11.1 Å². The van der Waals surface area contributed by atoms with Crippen LogP contribution in [0.1, 0.15) is 12.1 Å². The zero-order valence-electron chi connectivity index (χ0n) is 9.12. The molecule has 1 saturated heterocycles. The number of rotatable bonds is 4. The molecule has 0 aromatic carbocycles. The van der Waals surface area contributed by atoms with E-state index in [4.69, 9.17) is 15.7 Å². The summed E-state index contributed by atoms with van der Waals surface area (Å²) in [7, 11) is 0. The van der Waals surface area contributed by atoms with Gasteiger partial charge in [0, 0.05) is 18.3 Å². The number of thiazole rings is 1. The van der Waals surface area contributed by atoms with Gasteiger partial charge in [0.1, 0.15) is 5.69 Å². The Morgan fingerprint density at radius 2 is 2.50 bits per heavy atom. The van der Waals surface area contributed by atoms with E-state index >= 15 is 0 Å². The van der Waals surface area contributed by atoms with Crippen molar-refractivity contribution in [1.82, 2.24) is 10.3 Å². The highest BCUT2D eigenvalue weighted by atomic mass is 32.1. The van der Waals surface area contributed by atoms with Crippen LogP contribution in [0.15, 0.2) is 10.5 Å². The topological polar surface area (TPSA) is 127 Å². The third-order valence-electron chi connectivity index (χ3n) is 2.24. The Bertz CT molecular complexity index is 512. The molecule has 96 valence electrons. The highest BCUT2D eigenvalue weighted by Gasteiger charge is 2.27. The van der Waals surface area contributed by atoms with Crippen molar-refractivity contribution in [3.8, 4) is 0 Å². The fourth-order valence-corrected chi connectivity index (χ4v) is 1.93. The molecule has 1 aliphatic rings. The number of hydrogen-bond acceptors (Lipinski definition) is 7. The zero-order valence-corrected chi connectivity index (χ0v) is 9.94. The number of anilines is 1. The average Bonchev–Trinajstić information content (AvgIpc) is 2.89. The number of hydrogen-bond donors (Lipinski definition) is 3. The van der Waals surface area contributed by atoms with Gasteiger partial charge in [0.15, 0.2) is 5.13 Å². The Kier molecular flexibility index (Phi) is 3.42. The molecule has 1 unspecified atom stereocenters. The number of nitrogen functional groups attached to an aromatic ring is 1. The Morgan fingerprint density at radius 3 is 3.00 bits per heavy atom. The summed E-state index contributed by atoms with van der Waals surface area (Å²) in [5.41, 5.74) is 5.15. The molecule has 0 saturated carbocycles. The maximum atomic E-state index is 11.2. The first-order chi connectivity index (χ1) is 8.58. The molecule has 1 aromatic rings. The number of carboxylic acids is 1. The van der Waals surface area contributed by atoms with Crippen molar-refractivity contribution in [2.45, 2.75) is 12.5 Å². The van der Waals surface area contributed by atoms with Crippen LogP contribution in [0.5, 0.6) is 0 Å². The normalized spacial score (nSPS) is 19.7. The van der Waals surface area contributed by atoms with Crippen molar-refractivity contribution in [1.29, 1.82) is 0 Å². The minimum atomic E-state index is -1.29. The predicted molar refractivity (Wildman–Crippen MR) is 63.2 cm³/mol. The van der Waals surface area contributed by atoms with Crippen LogP contribution in [0, 0.1) is 0 Å². The molecule has 9 heteroatoms. The predicted octanol–water partition coefficient (Wildman–Crippen LogP) is -0.581. The SMILES string of the molecule is Nc1nc(/C(=N\OC2CCNC2=O)C(=O)O)cs1. The van der Waals surface area contributed by atoms with E-state index < -0.39 is 12.1 Å². The molecule has 8 nitrogen and oxygen atoms in total. The van der Waals surface area contributed by atoms with Crippen molar-refractivity contribution in [3.63, 3.8) is 0 Å². The Labute approximate surface area is 105 Å². The summed E-state index contributed by atoms with van der Waals surface area (Å²) in [5, 5.41) is 16.7. The lowest BCUT2D eigenvalue weighted by Crippen LogP contribution is -2.25. The van der Waals surface area contributed by atoms with E-state index in [1.54, 1.807) is 0 Å². The number of amides is 1. The van der Waals surface area contributed by atoms with Gasteiger partial charge in [-0.1, -0.05) is 5.16 Å². The minimum Gasteiger partial charge on any atom is -0.476 e. The molecule has 18 heavy (non-hydrogen) atoms. The lowest BCUT2D eigenvalue weighted by Gasteiger charge is -2.04. The second kappa shape index (κ2) is 5.00. The molecule has 1 atom stereocenters. The monoisotopic (exact) mass is 270 g/mol. The summed E-state index contributed by atoms with van der Waals surface area (Å²) < 4.78 is 0. The summed E-state index contributed by atoms with van der Waals surface area (Å²) in [4.78, 5) is 30.9. The standard InChI is InChI=1S/C9H10N4O4S/c10-9-12-4(3-18-9)6(8(15)16)13-17-5-1-2-11-7(5)14/h3,5H,1-2H2,(H2,10,12)(H,11,14)(H,15,16)/b13-6+. The summed E-state index contributed by atoms with van der Waals surface area (Å²) in [5.74, 6) is -1.60. The summed E-state index contributed by atoms with van der Waals surface area (Å²) in [6, 6.07) is 0. The van der Waals surface area contributed by atoms with E-state index in [1.807, 2.05) is 0 Å². The second-order valence-electron chi connectivity index (χ2n) is 3.49. The third kappa shape index (κ3) is 2.56. The van der Waals surface area contributed by atoms with Crippen LogP contribution in [-0.2, 0) is 14.4 Å². The lowest BCUT2D eigenvalue weighted by atomic mass is 10.3. The molecule has 0 bridgehead atoms. The van der Waals surface area contributed by atoms with Gasteiger partial charge >= 0.3 is 5.97 Å². The highest BCUT2D eigenvalue weighted by Crippen LogP contribution is 2.13. The molecule has 1 fully saturated rings. The van der Waals surface area contributed by atoms with Gasteiger partial charge in [-0.2, -0.15) is 0 Å². The van der Waals surface area contributed by atoms with Crippen molar-refractivity contribution in [3.05, 3.63) is 11.1 Å². The smallest absolute Gasteiger partial charge is 0.360 e. The fourth-order valence-electron chi connectivity index (χ4n) is 1.38. The molecule has 0 spiro atoms. The van der Waals surface area contributed by atoms with Gasteiger partial charge in [-0.25, -0.2) is 9.78 Å². The fraction of sp³-hybridized carbons (Fsp3) is 0.333. The number of nitrogens with zero attached hydrogens (tertiary/aromatic N) is 2. The molecule has 1 amide bonds. The number of oxime groups is 1. The largest absolute Gasteiger partial charge is 0.476 e. The number of aliphatic carboxylic acids is 1. The molecular weight excluding hydrogens is 260 g/mol. The number of nitrogens with one attached hydrogen (secondary N) is 1. The maximum absolute atomic E-state index is 11.2. The highest BCUT2D eigenvalue weighted by molar-refractivity contribution is 7.13. The number of carbonyl (C=O) groups is 2. The Balaban J connectivity index is 2.15. The quantitative estimate of drug-likeness (QED) is 0.496. The maximum Gasteiger partial charge on any atom is 0.360 e. The first-order valence-corrected chi connectivity index (χ1v) is 5.92. The van der Waals surface area contributed by atoms with Gasteiger partial charge in [-0.3, -0.25) is 4.79 Å². The van der Waals surface area contributed by atoms with Crippen LogP contribution in [0.2, 0.25) is 0 Å². The van der Waals surface area contributed by atoms with E-state index in [0.717, 1.165) is 11.3 Å². The first-order valence-electron chi connectivity index (χ1n) is 5.04. The van der Waals surface area contributed by atoms with Crippen molar-refractivity contribution in [2.24, 2.45) is 5.16 Å². The van der Waals surface area contributed by atoms with E-state index in [9.17, 15) is 9.59 Å². The van der Waals surface area contributed by atoms with Crippen LogP contribution in [-0.4, -0.2) is 40.3 Å². The van der Waals surface area contributed by atoms with Gasteiger partial charge in [0.05, 0.1) is 0 Å². The third-order valence-corrected chi connectivity index (χ3v) is 2.91. The van der Waals surface area contributed by atoms with Crippen LogP contribution in [0.25, 0.3) is 0 Å². The molecule has 2 rings (SSSR count). The van der Waals surface area contributed by atoms with Crippen molar-refractivity contribution in [2.75, 3.05) is 12.3 Å². The molecule has 4 N–H and O–H groups in total.